The molecule has 0 spiro atoms. The van der Waals surface area contributed by atoms with Crippen molar-refractivity contribution in [2.24, 2.45) is 0 Å². The summed E-state index contributed by atoms with van der Waals surface area (Å²) in [6.45, 7) is 3.20. The topological polar surface area (TPSA) is 44.4 Å². The van der Waals surface area contributed by atoms with Crippen LogP contribution in [-0.4, -0.2) is 35.1 Å². The quantitative estimate of drug-likeness (QED) is 0.820. The average Bonchev–Trinajstić information content (AvgIpc) is 2.65. The van der Waals surface area contributed by atoms with Crippen LogP contribution in [-0.2, 0) is 6.54 Å². The van der Waals surface area contributed by atoms with Crippen LogP contribution in [0.2, 0.25) is 0 Å². The molecule has 4 nitrogen and oxygen atoms in total. The molecule has 1 aromatic rings. The summed E-state index contributed by atoms with van der Waals surface area (Å²) in [6, 6.07) is 11.0. The van der Waals surface area contributed by atoms with Crippen LogP contribution < -0.4 is 10.6 Å². The van der Waals surface area contributed by atoms with Gasteiger partial charge >= 0.3 is 6.03 Å². The molecule has 2 unspecified atom stereocenters. The minimum atomic E-state index is 0.0666. The predicted octanol–water partition coefficient (Wildman–Crippen LogP) is 4.51. The van der Waals surface area contributed by atoms with Crippen molar-refractivity contribution in [3.8, 4) is 0 Å². The maximum absolute atomic E-state index is 12.5. The third-order valence-corrected chi connectivity index (χ3v) is 6.89. The van der Waals surface area contributed by atoms with Gasteiger partial charge in [-0.25, -0.2) is 4.79 Å². The number of hydrogen-bond acceptors (Lipinski definition) is 2. The maximum atomic E-state index is 12.5. The fraction of sp³-hybridized carbons (Fsp3) is 0.696. The van der Waals surface area contributed by atoms with Crippen LogP contribution in [0.4, 0.5) is 4.79 Å². The van der Waals surface area contributed by atoms with Gasteiger partial charge in [0.05, 0.1) is 0 Å². The standard InChI is InChI=1S/C23H35N3O/c1-17-10-12-18(13-11-17)16-26-21-8-5-9-22(26)15-20(14-21)25-23(27)24-19-6-3-2-4-7-19/h10-13,19-22H,2-9,14-16H2,1H3,(H2,24,25,27). The Labute approximate surface area is 164 Å². The maximum Gasteiger partial charge on any atom is 0.315 e. The highest BCUT2D eigenvalue weighted by Gasteiger charge is 2.38. The number of hydrogen-bond donors (Lipinski definition) is 2. The van der Waals surface area contributed by atoms with Crippen LogP contribution >= 0.6 is 0 Å². The van der Waals surface area contributed by atoms with Crippen LogP contribution in [0.25, 0.3) is 0 Å². The monoisotopic (exact) mass is 369 g/mol. The number of nitrogens with one attached hydrogen (secondary N) is 2. The first-order valence-electron chi connectivity index (χ1n) is 11.1. The van der Waals surface area contributed by atoms with E-state index in [4.69, 9.17) is 0 Å². The Kier molecular flexibility index (Phi) is 6.01. The number of carbonyl (C=O) groups is 1. The molecule has 0 radical (unpaired) electrons. The molecule has 3 fully saturated rings. The lowest BCUT2D eigenvalue weighted by Gasteiger charge is -2.49. The van der Waals surface area contributed by atoms with Gasteiger partial charge in [0.15, 0.2) is 0 Å². The third kappa shape index (κ3) is 4.84. The molecule has 2 heterocycles. The van der Waals surface area contributed by atoms with Gasteiger partial charge in [-0.15, -0.1) is 0 Å². The minimum absolute atomic E-state index is 0.0666. The molecule has 0 aromatic heterocycles. The van der Waals surface area contributed by atoms with Gasteiger partial charge in [-0.1, -0.05) is 55.5 Å². The lowest BCUT2D eigenvalue weighted by molar-refractivity contribution is 0.0196. The van der Waals surface area contributed by atoms with E-state index in [9.17, 15) is 4.79 Å². The number of fused-ring (bicyclic) bond motifs is 2. The van der Waals surface area contributed by atoms with Gasteiger partial charge in [0.2, 0.25) is 0 Å². The molecular formula is C23H35N3O. The van der Waals surface area contributed by atoms with Gasteiger partial charge in [-0.2, -0.15) is 0 Å². The van der Waals surface area contributed by atoms with Crippen LogP contribution in [0.3, 0.4) is 0 Å². The fourth-order valence-electron chi connectivity index (χ4n) is 5.42. The molecule has 1 aromatic carbocycles. The molecule has 148 valence electrons. The highest BCUT2D eigenvalue weighted by Crippen LogP contribution is 2.35. The van der Waals surface area contributed by atoms with Crippen molar-refractivity contribution >= 4 is 6.03 Å². The van der Waals surface area contributed by atoms with Crippen LogP contribution in [0, 0.1) is 6.92 Å². The Morgan fingerprint density at radius 2 is 1.52 bits per heavy atom. The van der Waals surface area contributed by atoms with Gasteiger partial charge in [0.1, 0.15) is 0 Å². The summed E-state index contributed by atoms with van der Waals surface area (Å²) >= 11 is 0. The van der Waals surface area contributed by atoms with Crippen molar-refractivity contribution in [2.45, 2.75) is 102 Å². The second kappa shape index (κ2) is 8.64. The Hall–Kier alpha value is -1.55. The molecule has 27 heavy (non-hydrogen) atoms. The third-order valence-electron chi connectivity index (χ3n) is 6.89. The van der Waals surface area contributed by atoms with E-state index in [1.165, 1.54) is 49.7 Å². The zero-order valence-corrected chi connectivity index (χ0v) is 16.8. The molecule has 2 saturated heterocycles. The molecule has 2 bridgehead atoms. The van der Waals surface area contributed by atoms with E-state index in [-0.39, 0.29) is 6.03 Å². The van der Waals surface area contributed by atoms with Crippen molar-refractivity contribution in [2.75, 3.05) is 0 Å². The lowest BCUT2D eigenvalue weighted by Crippen LogP contribution is -2.58. The second-order valence-corrected chi connectivity index (χ2v) is 9.02. The number of urea groups is 1. The normalized spacial score (nSPS) is 29.3. The first-order chi connectivity index (χ1) is 13.2. The van der Waals surface area contributed by atoms with E-state index < -0.39 is 0 Å². The van der Waals surface area contributed by atoms with Crippen molar-refractivity contribution in [3.05, 3.63) is 35.4 Å². The number of amides is 2. The molecule has 2 atom stereocenters. The van der Waals surface area contributed by atoms with Gasteiger partial charge in [0.25, 0.3) is 0 Å². The largest absolute Gasteiger partial charge is 0.335 e. The van der Waals surface area contributed by atoms with Gasteiger partial charge in [-0.05, 0) is 51.0 Å². The first-order valence-corrected chi connectivity index (χ1v) is 11.1. The predicted molar refractivity (Wildman–Crippen MR) is 110 cm³/mol. The summed E-state index contributed by atoms with van der Waals surface area (Å²) in [5, 5.41) is 6.53. The Balaban J connectivity index is 1.32. The van der Waals surface area contributed by atoms with Crippen LogP contribution in [0.15, 0.2) is 24.3 Å². The molecule has 3 aliphatic rings. The zero-order valence-electron chi connectivity index (χ0n) is 16.8. The Morgan fingerprint density at radius 3 is 2.19 bits per heavy atom. The second-order valence-electron chi connectivity index (χ2n) is 9.02. The molecular weight excluding hydrogens is 334 g/mol. The van der Waals surface area contributed by atoms with E-state index >= 15 is 0 Å². The van der Waals surface area contributed by atoms with Gasteiger partial charge in [0, 0.05) is 30.7 Å². The smallest absolute Gasteiger partial charge is 0.315 e. The van der Waals surface area contributed by atoms with E-state index in [1.807, 2.05) is 0 Å². The van der Waals surface area contributed by atoms with Crippen LogP contribution in [0.5, 0.6) is 0 Å². The SMILES string of the molecule is Cc1ccc(CN2C3CCCC2CC(NC(=O)NC2CCCCC2)C3)cc1. The summed E-state index contributed by atoms with van der Waals surface area (Å²) in [4.78, 5) is 15.2. The number of rotatable bonds is 4. The average molecular weight is 370 g/mol. The highest BCUT2D eigenvalue weighted by molar-refractivity contribution is 5.74. The molecule has 1 saturated carbocycles. The van der Waals surface area contributed by atoms with Gasteiger partial charge < -0.3 is 10.6 Å². The van der Waals surface area contributed by atoms with E-state index in [2.05, 4.69) is 46.7 Å². The van der Waals surface area contributed by atoms with E-state index in [0.717, 1.165) is 32.2 Å². The molecule has 2 aliphatic heterocycles. The minimum Gasteiger partial charge on any atom is -0.335 e. The Morgan fingerprint density at radius 1 is 0.889 bits per heavy atom. The first kappa shape index (κ1) is 18.8. The highest BCUT2D eigenvalue weighted by atomic mass is 16.2. The van der Waals surface area contributed by atoms with Crippen LogP contribution in [0.1, 0.15) is 75.3 Å². The molecule has 4 rings (SSSR count). The van der Waals surface area contributed by atoms with Crippen molar-refractivity contribution in [3.63, 3.8) is 0 Å². The zero-order chi connectivity index (χ0) is 18.6. The molecule has 2 N–H and O–H groups in total. The number of benzene rings is 1. The summed E-state index contributed by atoms with van der Waals surface area (Å²) in [5.41, 5.74) is 2.74. The number of piperidine rings is 2. The van der Waals surface area contributed by atoms with E-state index in [1.54, 1.807) is 0 Å². The van der Waals surface area contributed by atoms with Crippen molar-refractivity contribution in [1.82, 2.24) is 15.5 Å². The summed E-state index contributed by atoms with van der Waals surface area (Å²) in [7, 11) is 0. The van der Waals surface area contributed by atoms with Crippen molar-refractivity contribution in [1.29, 1.82) is 0 Å². The number of nitrogens with zero attached hydrogens (tertiary/aromatic N) is 1. The summed E-state index contributed by atoms with van der Waals surface area (Å²) in [6.07, 6.45) is 12.2. The Bertz CT molecular complexity index is 609. The molecule has 4 heteroatoms. The van der Waals surface area contributed by atoms with Gasteiger partial charge in [-0.3, -0.25) is 4.90 Å². The number of carbonyl (C=O) groups excluding carboxylic acids is 1. The molecule has 1 aliphatic carbocycles. The molecule has 2 amide bonds. The van der Waals surface area contributed by atoms with E-state index in [0.29, 0.717) is 24.2 Å². The van der Waals surface area contributed by atoms with Crippen molar-refractivity contribution < 1.29 is 4.79 Å². The summed E-state index contributed by atoms with van der Waals surface area (Å²) in [5.74, 6) is 0. The fourth-order valence-corrected chi connectivity index (χ4v) is 5.42. The number of aryl methyl sites for hydroxylation is 1. The summed E-state index contributed by atoms with van der Waals surface area (Å²) < 4.78 is 0. The lowest BCUT2D eigenvalue weighted by atomic mass is 9.81.